The third-order valence-corrected chi connectivity index (χ3v) is 6.59. The fraction of sp³-hybridized carbons (Fsp3) is 0.360. The van der Waals surface area contributed by atoms with Crippen LogP contribution in [0.15, 0.2) is 51.9 Å². The van der Waals surface area contributed by atoms with Crippen molar-refractivity contribution >= 4 is 38.2 Å². The molecular weight excluding hydrogens is 440 g/mol. The molecule has 3 heterocycles. The second-order valence-corrected chi connectivity index (χ2v) is 8.62. The number of unbranched alkanes of at least 4 members (excludes halogenated alkanes) is 1. The number of nitrogens with zero attached hydrogens (tertiary/aromatic N) is 1. The number of ether oxygens (including phenoxy) is 2. The monoisotopic (exact) mass is 468 g/mol. The van der Waals surface area contributed by atoms with Crippen LogP contribution < -0.4 is 15.6 Å². The minimum atomic E-state index is -0.303. The number of hydrogen-bond acceptors (Lipinski definition) is 6. The fourth-order valence-electron chi connectivity index (χ4n) is 3.78. The first-order chi connectivity index (χ1) is 16.2. The van der Waals surface area contributed by atoms with Gasteiger partial charge < -0.3 is 23.8 Å². The van der Waals surface area contributed by atoms with E-state index in [4.69, 9.17) is 13.9 Å². The van der Waals surface area contributed by atoms with Crippen molar-refractivity contribution in [2.24, 2.45) is 0 Å². The number of carbonyl (C=O) groups excluding carboxylic acids is 1. The third kappa shape index (κ3) is 4.82. The number of benzene rings is 1. The zero-order valence-electron chi connectivity index (χ0n) is 18.9. The van der Waals surface area contributed by atoms with Crippen molar-refractivity contribution < 1.29 is 18.7 Å². The second-order valence-electron chi connectivity index (χ2n) is 7.60. The summed E-state index contributed by atoms with van der Waals surface area (Å²) in [6.07, 6.45) is 3.42. The lowest BCUT2D eigenvalue weighted by Gasteiger charge is -2.12. The fourth-order valence-corrected chi connectivity index (χ4v) is 4.97. The summed E-state index contributed by atoms with van der Waals surface area (Å²) in [7, 11) is 0. The van der Waals surface area contributed by atoms with Gasteiger partial charge in [-0.3, -0.25) is 9.59 Å². The summed E-state index contributed by atoms with van der Waals surface area (Å²) >= 11 is 1.29. The first-order valence-corrected chi connectivity index (χ1v) is 12.1. The zero-order chi connectivity index (χ0) is 23.2. The molecule has 1 amide bonds. The third-order valence-electron chi connectivity index (χ3n) is 5.39. The molecule has 0 spiro atoms. The lowest BCUT2D eigenvalue weighted by Crippen LogP contribution is -2.23. The van der Waals surface area contributed by atoms with E-state index >= 15 is 0 Å². The average Bonchev–Trinajstić information content (AvgIpc) is 3.49. The van der Waals surface area contributed by atoms with Gasteiger partial charge in [-0.1, -0.05) is 31.5 Å². The van der Waals surface area contributed by atoms with E-state index < -0.39 is 0 Å². The number of amides is 1. The van der Waals surface area contributed by atoms with Gasteiger partial charge in [-0.2, -0.15) is 0 Å². The highest BCUT2D eigenvalue weighted by atomic mass is 32.1. The van der Waals surface area contributed by atoms with E-state index in [0.29, 0.717) is 41.5 Å². The molecular formula is C25H28N2O5S. The largest absolute Gasteiger partial charge is 0.489 e. The molecule has 0 bridgehead atoms. The Morgan fingerprint density at radius 1 is 1.15 bits per heavy atom. The van der Waals surface area contributed by atoms with Crippen LogP contribution in [0.1, 0.15) is 42.1 Å². The number of pyridine rings is 1. The second kappa shape index (κ2) is 10.7. The molecule has 0 fully saturated rings. The smallest absolute Gasteiger partial charge is 0.265 e. The number of carbonyl (C=O) groups is 1. The minimum Gasteiger partial charge on any atom is -0.489 e. The first kappa shape index (κ1) is 23.1. The van der Waals surface area contributed by atoms with Crippen LogP contribution in [0.4, 0.5) is 0 Å². The lowest BCUT2D eigenvalue weighted by atomic mass is 10.1. The Hall–Kier alpha value is -3.10. The van der Waals surface area contributed by atoms with Crippen LogP contribution in [0.2, 0.25) is 0 Å². The van der Waals surface area contributed by atoms with Crippen LogP contribution in [0.3, 0.4) is 0 Å². The standard InChI is InChI=1S/C25H28N2O5S/c1-3-5-12-27-19-11-7-6-10-18(19)22-20(25(27)29)21(32-15-14-30-4-2)23(33-22)24(28)26-16-17-9-8-13-31-17/h6-11,13H,3-5,12,14-16H2,1-2H3,(H,26,28). The number of rotatable bonds is 11. The number of hydrogen-bond donors (Lipinski definition) is 1. The molecule has 4 aromatic rings. The van der Waals surface area contributed by atoms with E-state index in [0.717, 1.165) is 28.4 Å². The highest BCUT2D eigenvalue weighted by Crippen LogP contribution is 2.39. The zero-order valence-corrected chi connectivity index (χ0v) is 19.7. The predicted octanol–water partition coefficient (Wildman–Crippen LogP) is 4.95. The van der Waals surface area contributed by atoms with Crippen molar-refractivity contribution in [2.75, 3.05) is 19.8 Å². The van der Waals surface area contributed by atoms with Gasteiger partial charge in [0.05, 0.1) is 29.6 Å². The summed E-state index contributed by atoms with van der Waals surface area (Å²) in [4.78, 5) is 27.2. The van der Waals surface area contributed by atoms with Crippen LogP contribution in [-0.4, -0.2) is 30.3 Å². The molecule has 0 aliphatic heterocycles. The minimum absolute atomic E-state index is 0.134. The summed E-state index contributed by atoms with van der Waals surface area (Å²) in [6, 6.07) is 11.4. The van der Waals surface area contributed by atoms with Gasteiger partial charge in [-0.05, 0) is 31.5 Å². The summed E-state index contributed by atoms with van der Waals surface area (Å²) in [6.45, 7) is 6.06. The van der Waals surface area contributed by atoms with Gasteiger partial charge in [0.25, 0.3) is 11.5 Å². The van der Waals surface area contributed by atoms with Crippen molar-refractivity contribution in [2.45, 2.75) is 39.8 Å². The molecule has 0 unspecified atom stereocenters. The normalized spacial score (nSPS) is 11.3. The van der Waals surface area contributed by atoms with Gasteiger partial charge in [-0.15, -0.1) is 11.3 Å². The van der Waals surface area contributed by atoms with Crippen molar-refractivity contribution in [1.29, 1.82) is 0 Å². The average molecular weight is 469 g/mol. The topological polar surface area (TPSA) is 82.7 Å². The molecule has 0 saturated heterocycles. The van der Waals surface area contributed by atoms with E-state index in [2.05, 4.69) is 12.2 Å². The molecule has 0 aliphatic rings. The Bertz CT molecular complexity index is 1290. The van der Waals surface area contributed by atoms with Crippen molar-refractivity contribution in [3.05, 3.63) is 63.7 Å². The summed E-state index contributed by atoms with van der Waals surface area (Å²) < 4.78 is 19.3. The molecule has 0 saturated carbocycles. The van der Waals surface area contributed by atoms with Crippen molar-refractivity contribution in [1.82, 2.24) is 9.88 Å². The molecule has 0 radical (unpaired) electrons. The molecule has 4 rings (SSSR count). The Morgan fingerprint density at radius 3 is 2.76 bits per heavy atom. The number of aromatic nitrogens is 1. The van der Waals surface area contributed by atoms with Gasteiger partial charge in [0.1, 0.15) is 22.6 Å². The van der Waals surface area contributed by atoms with Crippen molar-refractivity contribution in [3.63, 3.8) is 0 Å². The Morgan fingerprint density at radius 2 is 2.00 bits per heavy atom. The molecule has 7 nitrogen and oxygen atoms in total. The van der Waals surface area contributed by atoms with Gasteiger partial charge in [0, 0.05) is 18.5 Å². The number of fused-ring (bicyclic) bond motifs is 3. The Labute approximate surface area is 195 Å². The first-order valence-electron chi connectivity index (χ1n) is 11.2. The highest BCUT2D eigenvalue weighted by molar-refractivity contribution is 7.22. The van der Waals surface area contributed by atoms with Crippen LogP contribution in [0.25, 0.3) is 21.0 Å². The van der Waals surface area contributed by atoms with Crippen LogP contribution in [0, 0.1) is 0 Å². The van der Waals surface area contributed by atoms with Crippen LogP contribution in [0.5, 0.6) is 5.75 Å². The number of aryl methyl sites for hydroxylation is 1. The quantitative estimate of drug-likeness (QED) is 0.315. The molecule has 174 valence electrons. The molecule has 0 atom stereocenters. The number of para-hydroxylation sites is 1. The molecule has 33 heavy (non-hydrogen) atoms. The van der Waals surface area contributed by atoms with Gasteiger partial charge in [-0.25, -0.2) is 0 Å². The highest BCUT2D eigenvalue weighted by Gasteiger charge is 2.25. The number of thiophene rings is 1. The predicted molar refractivity (Wildman–Crippen MR) is 130 cm³/mol. The summed E-state index contributed by atoms with van der Waals surface area (Å²) in [5.74, 6) is 0.672. The number of furan rings is 1. The van der Waals surface area contributed by atoms with E-state index in [-0.39, 0.29) is 24.6 Å². The summed E-state index contributed by atoms with van der Waals surface area (Å²) in [5, 5.41) is 4.27. The maximum Gasteiger partial charge on any atom is 0.265 e. The lowest BCUT2D eigenvalue weighted by molar-refractivity contribution is 0.0937. The molecule has 3 aromatic heterocycles. The van der Waals surface area contributed by atoms with Crippen LogP contribution in [-0.2, 0) is 17.8 Å². The maximum atomic E-state index is 13.7. The van der Waals surface area contributed by atoms with E-state index in [1.54, 1.807) is 23.0 Å². The summed E-state index contributed by atoms with van der Waals surface area (Å²) in [5.41, 5.74) is 0.734. The van der Waals surface area contributed by atoms with Gasteiger partial charge in [0.2, 0.25) is 0 Å². The Kier molecular flexibility index (Phi) is 7.47. The Balaban J connectivity index is 1.83. The van der Waals surface area contributed by atoms with Crippen LogP contribution >= 0.6 is 11.3 Å². The van der Waals surface area contributed by atoms with E-state index in [1.807, 2.05) is 31.2 Å². The maximum absolute atomic E-state index is 13.7. The number of nitrogens with one attached hydrogen (secondary N) is 1. The molecule has 8 heteroatoms. The molecule has 0 aliphatic carbocycles. The SMILES string of the molecule is CCCCn1c(=O)c2c(OCCOCC)c(C(=O)NCc3ccco3)sc2c2ccccc21. The molecule has 1 aromatic carbocycles. The van der Waals surface area contributed by atoms with E-state index in [9.17, 15) is 9.59 Å². The van der Waals surface area contributed by atoms with Crippen molar-refractivity contribution in [3.8, 4) is 5.75 Å². The molecule has 1 N–H and O–H groups in total. The van der Waals surface area contributed by atoms with E-state index in [1.165, 1.54) is 11.3 Å². The van der Waals surface area contributed by atoms with Gasteiger partial charge >= 0.3 is 0 Å². The van der Waals surface area contributed by atoms with Gasteiger partial charge in [0.15, 0.2) is 5.75 Å².